The summed E-state index contributed by atoms with van der Waals surface area (Å²) < 4.78 is 10.5. The van der Waals surface area contributed by atoms with E-state index in [-0.39, 0.29) is 32.6 Å². The smallest absolute Gasteiger partial charge is 0.155 e. The van der Waals surface area contributed by atoms with Gasteiger partial charge in [0.25, 0.3) is 0 Å². The summed E-state index contributed by atoms with van der Waals surface area (Å²) in [6.45, 7) is 2.85. The van der Waals surface area contributed by atoms with Gasteiger partial charge in [-0.05, 0) is 25.6 Å². The summed E-state index contributed by atoms with van der Waals surface area (Å²) in [5.74, 6) is 1.35. The maximum Gasteiger partial charge on any atom is 0.155 e. The Morgan fingerprint density at radius 2 is 1.89 bits per heavy atom. The zero-order valence-corrected chi connectivity index (χ0v) is 18.6. The Labute approximate surface area is 175 Å². The molecule has 0 radical (unpaired) electrons. The summed E-state index contributed by atoms with van der Waals surface area (Å²) in [5.41, 5.74) is 2.73. The molecule has 1 aromatic heterocycles. The Balaban J connectivity index is 0.000000728. The van der Waals surface area contributed by atoms with Gasteiger partial charge in [-0.2, -0.15) is 0 Å². The molecule has 1 heterocycles. The van der Waals surface area contributed by atoms with Crippen molar-refractivity contribution in [2.75, 3.05) is 33.2 Å². The number of ketones is 1. The minimum atomic E-state index is -0.125. The largest absolute Gasteiger partial charge is 0.540 e. The maximum atomic E-state index is 10.0. The van der Waals surface area contributed by atoms with Crippen LogP contribution < -0.4 is 14.4 Å². The second-order valence-corrected chi connectivity index (χ2v) is 5.67. The SMILES string of the molecule is CC(=O)/C=C(/C)O.COc1c[c-]c(-c2cc(N(C)C)ccn2)c(OC)c1.[Pt]. The molecule has 150 valence electrons. The van der Waals surface area contributed by atoms with Crippen LogP contribution in [0.3, 0.4) is 0 Å². The molecule has 0 fully saturated rings. The Bertz CT molecular complexity index is 772. The van der Waals surface area contributed by atoms with Crippen LogP contribution in [0.5, 0.6) is 11.5 Å². The van der Waals surface area contributed by atoms with Crippen LogP contribution in [0.25, 0.3) is 11.3 Å². The minimum Gasteiger partial charge on any atom is -0.540 e. The molecule has 2 aromatic rings. The Morgan fingerprint density at radius 1 is 1.22 bits per heavy atom. The molecule has 0 saturated carbocycles. The molecular weight excluding hydrogens is 527 g/mol. The fourth-order valence-corrected chi connectivity index (χ4v) is 2.06. The molecule has 2 rings (SSSR count). The second kappa shape index (κ2) is 12.1. The molecule has 0 bridgehead atoms. The standard InChI is InChI=1S/C15H17N2O2.C5H8O2.Pt/c1-17(2)11-7-8-16-14(9-11)13-6-5-12(18-3)10-15(13)19-4;1-4(6)3-5(2)7;/h5,7-10H,1-4H3;3,6H,1-2H3;/q-1;;/b;4-3-;. The van der Waals surface area contributed by atoms with E-state index in [0.29, 0.717) is 11.5 Å². The molecule has 6 nitrogen and oxygen atoms in total. The van der Waals surface area contributed by atoms with Crippen LogP contribution in [-0.4, -0.2) is 44.2 Å². The van der Waals surface area contributed by atoms with E-state index in [1.807, 2.05) is 37.2 Å². The van der Waals surface area contributed by atoms with E-state index in [9.17, 15) is 4.79 Å². The van der Waals surface area contributed by atoms with Crippen LogP contribution in [0, 0.1) is 6.07 Å². The monoisotopic (exact) mass is 552 g/mol. The molecule has 0 atom stereocenters. The van der Waals surface area contributed by atoms with Crippen LogP contribution in [0.2, 0.25) is 0 Å². The van der Waals surface area contributed by atoms with Crippen molar-refractivity contribution in [3.8, 4) is 22.8 Å². The number of aliphatic hydroxyl groups excluding tert-OH is 1. The van der Waals surface area contributed by atoms with Crippen molar-refractivity contribution < 1.29 is 40.4 Å². The Kier molecular flexibility index (Phi) is 11.1. The number of aromatic nitrogens is 1. The van der Waals surface area contributed by atoms with Crippen molar-refractivity contribution in [2.45, 2.75) is 13.8 Å². The molecule has 0 saturated heterocycles. The van der Waals surface area contributed by atoms with Crippen LogP contribution in [0.15, 0.2) is 42.3 Å². The maximum absolute atomic E-state index is 10.0. The molecule has 0 spiro atoms. The summed E-state index contributed by atoms with van der Waals surface area (Å²) in [6, 6.07) is 10.7. The van der Waals surface area contributed by atoms with Crippen molar-refractivity contribution in [2.24, 2.45) is 0 Å². The summed E-state index contributed by atoms with van der Waals surface area (Å²) >= 11 is 0. The number of rotatable bonds is 5. The first-order chi connectivity index (χ1) is 12.3. The normalized spacial score (nSPS) is 10.1. The number of anilines is 1. The molecule has 0 unspecified atom stereocenters. The fourth-order valence-electron chi connectivity index (χ4n) is 2.06. The number of hydrogen-bond donors (Lipinski definition) is 1. The zero-order valence-electron chi connectivity index (χ0n) is 16.3. The van der Waals surface area contributed by atoms with E-state index in [2.05, 4.69) is 11.1 Å². The number of pyridine rings is 1. The first-order valence-electron chi connectivity index (χ1n) is 7.93. The number of nitrogens with zero attached hydrogens (tertiary/aromatic N) is 2. The van der Waals surface area contributed by atoms with E-state index >= 15 is 0 Å². The van der Waals surface area contributed by atoms with Gasteiger partial charge in [-0.1, -0.05) is 17.7 Å². The van der Waals surface area contributed by atoms with E-state index in [4.69, 9.17) is 14.6 Å². The quantitative estimate of drug-likeness (QED) is 0.347. The molecule has 0 amide bonds. The average Bonchev–Trinajstić information content (AvgIpc) is 2.60. The number of benzene rings is 1. The molecule has 0 aliphatic heterocycles. The fraction of sp³-hybridized carbons (Fsp3) is 0.300. The third-order valence-corrected chi connectivity index (χ3v) is 3.26. The van der Waals surface area contributed by atoms with E-state index in [1.165, 1.54) is 19.9 Å². The summed E-state index contributed by atoms with van der Waals surface area (Å²) in [7, 11) is 7.23. The van der Waals surface area contributed by atoms with E-state index in [0.717, 1.165) is 16.9 Å². The van der Waals surface area contributed by atoms with Gasteiger partial charge in [0.15, 0.2) is 5.78 Å². The third kappa shape index (κ3) is 8.26. The predicted molar refractivity (Wildman–Crippen MR) is 103 cm³/mol. The van der Waals surface area contributed by atoms with E-state index in [1.54, 1.807) is 26.5 Å². The van der Waals surface area contributed by atoms with Gasteiger partial charge in [0.2, 0.25) is 0 Å². The van der Waals surface area contributed by atoms with Gasteiger partial charge < -0.3 is 24.5 Å². The summed E-state index contributed by atoms with van der Waals surface area (Å²) in [4.78, 5) is 16.4. The molecule has 0 aliphatic carbocycles. The van der Waals surface area contributed by atoms with Crippen molar-refractivity contribution in [3.05, 3.63) is 48.4 Å². The molecule has 7 heteroatoms. The number of aliphatic hydroxyl groups is 1. The number of ether oxygens (including phenoxy) is 2. The van der Waals surface area contributed by atoms with Gasteiger partial charge >= 0.3 is 0 Å². The Morgan fingerprint density at radius 3 is 2.33 bits per heavy atom. The van der Waals surface area contributed by atoms with E-state index < -0.39 is 0 Å². The molecule has 1 aromatic carbocycles. The van der Waals surface area contributed by atoms with Crippen molar-refractivity contribution in [1.82, 2.24) is 4.98 Å². The van der Waals surface area contributed by atoms with Crippen LogP contribution in [0.4, 0.5) is 5.69 Å². The first-order valence-corrected chi connectivity index (χ1v) is 7.93. The number of carbonyl (C=O) groups is 1. The second-order valence-electron chi connectivity index (χ2n) is 5.67. The van der Waals surface area contributed by atoms with Crippen molar-refractivity contribution in [1.29, 1.82) is 0 Å². The molecular formula is C20H25N2O4Pt-. The molecule has 0 aliphatic rings. The third-order valence-electron chi connectivity index (χ3n) is 3.26. The van der Waals surface area contributed by atoms with Crippen LogP contribution in [0.1, 0.15) is 13.8 Å². The van der Waals surface area contributed by atoms with Gasteiger partial charge in [-0.15, -0.1) is 12.1 Å². The molecule has 1 N–H and O–H groups in total. The number of methoxy groups -OCH3 is 2. The van der Waals surface area contributed by atoms with Crippen molar-refractivity contribution >= 4 is 11.5 Å². The number of allylic oxidation sites excluding steroid dienone is 2. The summed E-state index contributed by atoms with van der Waals surface area (Å²) in [5, 5.41) is 8.36. The van der Waals surface area contributed by atoms with Crippen LogP contribution in [-0.2, 0) is 25.9 Å². The molecule has 27 heavy (non-hydrogen) atoms. The Hall–Kier alpha value is -2.33. The predicted octanol–water partition coefficient (Wildman–Crippen LogP) is 3.67. The van der Waals surface area contributed by atoms with Crippen LogP contribution >= 0.6 is 0 Å². The topological polar surface area (TPSA) is 71.9 Å². The van der Waals surface area contributed by atoms with Gasteiger partial charge in [0, 0.05) is 64.6 Å². The minimum absolute atomic E-state index is 0. The van der Waals surface area contributed by atoms with Gasteiger partial charge in [-0.25, -0.2) is 0 Å². The van der Waals surface area contributed by atoms with Gasteiger partial charge in [0.05, 0.1) is 20.0 Å². The first kappa shape index (κ1) is 24.7. The van der Waals surface area contributed by atoms with Gasteiger partial charge in [-0.3, -0.25) is 4.79 Å². The van der Waals surface area contributed by atoms with Gasteiger partial charge in [0.1, 0.15) is 0 Å². The number of carbonyl (C=O) groups excluding carboxylic acids is 1. The van der Waals surface area contributed by atoms with Crippen molar-refractivity contribution in [3.63, 3.8) is 0 Å². The average molecular weight is 553 g/mol. The number of hydrogen-bond acceptors (Lipinski definition) is 6. The summed E-state index contributed by atoms with van der Waals surface area (Å²) in [6.07, 6.45) is 2.95. The zero-order chi connectivity index (χ0) is 19.7.